The van der Waals surface area contributed by atoms with E-state index in [9.17, 15) is 32.3 Å². The van der Waals surface area contributed by atoms with E-state index in [-0.39, 0.29) is 19.3 Å². The molecule has 1 aliphatic rings. The second-order valence-corrected chi connectivity index (χ2v) is 5.89. The Bertz CT molecular complexity index is 754. The van der Waals surface area contributed by atoms with Crippen LogP contribution in [0.1, 0.15) is 36.5 Å². The Morgan fingerprint density at radius 2 is 1.88 bits per heavy atom. The number of aliphatic hydroxyl groups excluding tert-OH is 1. The van der Waals surface area contributed by atoms with Crippen LogP contribution in [0.5, 0.6) is 0 Å². The third-order valence-corrected chi connectivity index (χ3v) is 4.22. The number of carbonyl (C=O) groups is 2. The van der Waals surface area contributed by atoms with Crippen molar-refractivity contribution in [2.45, 2.75) is 31.7 Å². The molecule has 0 aromatic heterocycles. The zero-order valence-electron chi connectivity index (χ0n) is 13.9. The molecule has 1 fully saturated rings. The van der Waals surface area contributed by atoms with Crippen LogP contribution in [0.25, 0.3) is 0 Å². The van der Waals surface area contributed by atoms with Gasteiger partial charge in [0.15, 0.2) is 23.3 Å². The third kappa shape index (κ3) is 3.72. The summed E-state index contributed by atoms with van der Waals surface area (Å²) in [7, 11) is 0. The fourth-order valence-corrected chi connectivity index (χ4v) is 2.49. The highest BCUT2D eigenvalue weighted by Crippen LogP contribution is 2.31. The molecule has 26 heavy (non-hydrogen) atoms. The van der Waals surface area contributed by atoms with Crippen molar-refractivity contribution in [3.8, 4) is 0 Å². The molecule has 0 amide bonds. The van der Waals surface area contributed by atoms with Crippen LogP contribution in [-0.4, -0.2) is 35.6 Å². The number of hydrogen-bond donors (Lipinski definition) is 2. The second kappa shape index (κ2) is 7.86. The number of ketones is 1. The Morgan fingerprint density at radius 3 is 2.38 bits per heavy atom. The van der Waals surface area contributed by atoms with Crippen LogP contribution in [0.4, 0.5) is 17.6 Å². The molecule has 0 aliphatic heterocycles. The summed E-state index contributed by atoms with van der Waals surface area (Å²) in [5.41, 5.74) is -2.61. The van der Waals surface area contributed by atoms with Crippen molar-refractivity contribution in [3.05, 3.63) is 46.7 Å². The molecule has 1 aliphatic carbocycles. The number of esters is 1. The van der Waals surface area contributed by atoms with Crippen LogP contribution in [0.15, 0.2) is 17.8 Å². The summed E-state index contributed by atoms with van der Waals surface area (Å²) in [5, 5.41) is 12.1. The first-order chi connectivity index (χ1) is 12.3. The highest BCUT2D eigenvalue weighted by molar-refractivity contribution is 6.24. The van der Waals surface area contributed by atoms with Gasteiger partial charge in [0.2, 0.25) is 5.78 Å². The van der Waals surface area contributed by atoms with Crippen molar-refractivity contribution in [3.63, 3.8) is 0 Å². The van der Waals surface area contributed by atoms with E-state index in [1.54, 1.807) is 0 Å². The van der Waals surface area contributed by atoms with E-state index in [2.05, 4.69) is 5.32 Å². The lowest BCUT2D eigenvalue weighted by atomic mass is 9.77. The van der Waals surface area contributed by atoms with Crippen LogP contribution in [0, 0.1) is 23.3 Å². The molecule has 0 heterocycles. The first kappa shape index (κ1) is 19.9. The maximum absolute atomic E-state index is 13.9. The maximum Gasteiger partial charge on any atom is 0.343 e. The lowest BCUT2D eigenvalue weighted by Gasteiger charge is -2.40. The SMILES string of the molecule is CCOC(=O)/C(=C/NC1(CO)CCC1)C(=O)c1cc(F)c(F)c(F)c1F. The van der Waals surface area contributed by atoms with Gasteiger partial charge in [-0.1, -0.05) is 0 Å². The number of aliphatic hydroxyl groups is 1. The van der Waals surface area contributed by atoms with Gasteiger partial charge in [-0.25, -0.2) is 22.4 Å². The Labute approximate surface area is 146 Å². The Balaban J connectivity index is 2.42. The van der Waals surface area contributed by atoms with Crippen LogP contribution in [0.2, 0.25) is 0 Å². The largest absolute Gasteiger partial charge is 0.462 e. The zero-order chi connectivity index (χ0) is 19.5. The van der Waals surface area contributed by atoms with E-state index in [0.29, 0.717) is 12.8 Å². The number of halogens is 4. The van der Waals surface area contributed by atoms with Gasteiger partial charge in [-0.05, 0) is 32.3 Å². The topological polar surface area (TPSA) is 75.6 Å². The molecule has 1 aromatic rings. The van der Waals surface area contributed by atoms with Gasteiger partial charge in [0.05, 0.1) is 24.3 Å². The van der Waals surface area contributed by atoms with Crippen LogP contribution in [0.3, 0.4) is 0 Å². The predicted molar refractivity (Wildman–Crippen MR) is 82.1 cm³/mol. The number of benzene rings is 1. The van der Waals surface area contributed by atoms with Crippen molar-refractivity contribution < 1.29 is 37.0 Å². The Hall–Kier alpha value is -2.42. The van der Waals surface area contributed by atoms with E-state index in [4.69, 9.17) is 4.74 Å². The molecule has 0 spiro atoms. The van der Waals surface area contributed by atoms with E-state index < -0.39 is 51.7 Å². The molecule has 5 nitrogen and oxygen atoms in total. The number of ether oxygens (including phenoxy) is 1. The molecule has 0 radical (unpaired) electrons. The number of rotatable bonds is 7. The fraction of sp³-hybridized carbons (Fsp3) is 0.412. The van der Waals surface area contributed by atoms with Gasteiger partial charge in [0.1, 0.15) is 5.57 Å². The normalized spacial score (nSPS) is 16.0. The Kier molecular flexibility index (Phi) is 6.01. The van der Waals surface area contributed by atoms with Crippen molar-refractivity contribution in [1.82, 2.24) is 5.32 Å². The quantitative estimate of drug-likeness (QED) is 0.112. The number of hydrogen-bond acceptors (Lipinski definition) is 5. The molecule has 0 bridgehead atoms. The monoisotopic (exact) mass is 375 g/mol. The van der Waals surface area contributed by atoms with Crippen LogP contribution in [-0.2, 0) is 9.53 Å². The third-order valence-electron chi connectivity index (χ3n) is 4.22. The maximum atomic E-state index is 13.9. The highest BCUT2D eigenvalue weighted by Gasteiger charge is 2.36. The van der Waals surface area contributed by atoms with Gasteiger partial charge in [0, 0.05) is 6.20 Å². The van der Waals surface area contributed by atoms with Crippen molar-refractivity contribution >= 4 is 11.8 Å². The van der Waals surface area contributed by atoms with Gasteiger partial charge >= 0.3 is 5.97 Å². The Morgan fingerprint density at radius 1 is 1.23 bits per heavy atom. The lowest BCUT2D eigenvalue weighted by molar-refractivity contribution is -0.138. The molecule has 2 rings (SSSR count). The van der Waals surface area contributed by atoms with Gasteiger partial charge in [-0.2, -0.15) is 0 Å². The lowest BCUT2D eigenvalue weighted by Crippen LogP contribution is -2.52. The molecular formula is C17H17F4NO4. The molecule has 0 saturated heterocycles. The fourth-order valence-electron chi connectivity index (χ4n) is 2.49. The molecule has 2 N–H and O–H groups in total. The van der Waals surface area contributed by atoms with Crippen LogP contribution >= 0.6 is 0 Å². The van der Waals surface area contributed by atoms with Crippen LogP contribution < -0.4 is 5.32 Å². The van der Waals surface area contributed by atoms with E-state index in [1.165, 1.54) is 6.92 Å². The van der Waals surface area contributed by atoms with Gasteiger partial charge < -0.3 is 15.2 Å². The van der Waals surface area contributed by atoms with Gasteiger partial charge in [0.25, 0.3) is 0 Å². The van der Waals surface area contributed by atoms with Gasteiger partial charge in [-0.3, -0.25) is 4.79 Å². The minimum Gasteiger partial charge on any atom is -0.462 e. The summed E-state index contributed by atoms with van der Waals surface area (Å²) in [4.78, 5) is 24.5. The molecule has 1 aromatic carbocycles. The summed E-state index contributed by atoms with van der Waals surface area (Å²) >= 11 is 0. The zero-order valence-corrected chi connectivity index (χ0v) is 13.9. The number of nitrogens with one attached hydrogen (secondary N) is 1. The molecule has 0 atom stereocenters. The summed E-state index contributed by atoms with van der Waals surface area (Å²) in [6.45, 7) is 1.08. The molecule has 1 saturated carbocycles. The molecular weight excluding hydrogens is 358 g/mol. The minimum atomic E-state index is -2.16. The molecule has 9 heteroatoms. The predicted octanol–water partition coefficient (Wildman–Crippen LogP) is 2.38. The van der Waals surface area contributed by atoms with E-state index in [1.807, 2.05) is 0 Å². The van der Waals surface area contributed by atoms with Crippen molar-refractivity contribution in [2.24, 2.45) is 0 Å². The number of carbonyl (C=O) groups excluding carboxylic acids is 2. The summed E-state index contributed by atoms with van der Waals surface area (Å²) < 4.78 is 58.4. The standard InChI is InChI=1S/C17H17F4NO4/c1-2-26-16(25)10(7-22-17(8-23)4-3-5-17)15(24)9-6-11(18)13(20)14(21)12(9)19/h6-7,22-23H,2-5,8H2,1H3/b10-7+. The first-order valence-electron chi connectivity index (χ1n) is 7.90. The average molecular weight is 375 g/mol. The van der Waals surface area contributed by atoms with Crippen molar-refractivity contribution in [2.75, 3.05) is 13.2 Å². The van der Waals surface area contributed by atoms with Crippen molar-refractivity contribution in [1.29, 1.82) is 0 Å². The minimum absolute atomic E-state index is 0.108. The smallest absolute Gasteiger partial charge is 0.343 e. The molecule has 0 unspecified atom stereocenters. The highest BCUT2D eigenvalue weighted by atomic mass is 19.2. The van der Waals surface area contributed by atoms with Gasteiger partial charge in [-0.15, -0.1) is 0 Å². The summed E-state index contributed by atoms with van der Waals surface area (Å²) in [6, 6.07) is 0.175. The molecule has 142 valence electrons. The van der Waals surface area contributed by atoms with E-state index >= 15 is 0 Å². The number of Topliss-reactive ketones (excluding diaryl/α,β-unsaturated/α-hetero) is 1. The van der Waals surface area contributed by atoms with E-state index in [0.717, 1.165) is 12.6 Å². The first-order valence-corrected chi connectivity index (χ1v) is 7.90. The summed E-state index contributed by atoms with van der Waals surface area (Å²) in [6.07, 6.45) is 2.87. The average Bonchev–Trinajstić information content (AvgIpc) is 2.58. The summed E-state index contributed by atoms with van der Waals surface area (Å²) in [5.74, 6) is -10.4. The second-order valence-electron chi connectivity index (χ2n) is 5.89.